The van der Waals surface area contributed by atoms with Gasteiger partial charge in [0.05, 0.1) is 6.61 Å². The van der Waals surface area contributed by atoms with Crippen LogP contribution in [0.5, 0.6) is 5.75 Å². The van der Waals surface area contributed by atoms with E-state index in [1.165, 1.54) is 11.3 Å². The molecule has 0 aromatic heterocycles. The Morgan fingerprint density at radius 2 is 2.00 bits per heavy atom. The van der Waals surface area contributed by atoms with Crippen molar-refractivity contribution >= 4 is 18.1 Å². The third-order valence-electron chi connectivity index (χ3n) is 3.18. The molecule has 0 unspecified atom stereocenters. The summed E-state index contributed by atoms with van der Waals surface area (Å²) in [6.45, 7) is 5.24. The van der Waals surface area contributed by atoms with Crippen LogP contribution in [0, 0.1) is 0 Å². The van der Waals surface area contributed by atoms with Crippen molar-refractivity contribution in [2.24, 2.45) is 0 Å². The first-order valence-corrected chi connectivity index (χ1v) is 5.65. The Labute approximate surface area is 102 Å². The maximum atomic E-state index is 5.59. The average Bonchev–Trinajstić information content (AvgIpc) is 2.78. The smallest absolute Gasteiger partial charge is 0.124 e. The number of anilines is 1. The van der Waals surface area contributed by atoms with Gasteiger partial charge in [-0.15, -0.1) is 12.4 Å². The first-order valence-electron chi connectivity index (χ1n) is 5.65. The molecule has 1 aromatic carbocycles. The van der Waals surface area contributed by atoms with Gasteiger partial charge >= 0.3 is 0 Å². The van der Waals surface area contributed by atoms with Crippen LogP contribution < -0.4 is 15.0 Å². The molecule has 88 valence electrons. The number of fused-ring (bicyclic) bond motifs is 1. The SMILES string of the molecule is Cl.c1cc2c(c(N3CCNCC3)c1)CCO2. The van der Waals surface area contributed by atoms with E-state index in [2.05, 4.69) is 28.4 Å². The van der Waals surface area contributed by atoms with E-state index in [4.69, 9.17) is 4.74 Å². The molecular weight excluding hydrogens is 224 g/mol. The van der Waals surface area contributed by atoms with Gasteiger partial charge in [-0.05, 0) is 12.1 Å². The van der Waals surface area contributed by atoms with Crippen LogP contribution in [0.2, 0.25) is 0 Å². The summed E-state index contributed by atoms with van der Waals surface area (Å²) in [5.74, 6) is 1.09. The van der Waals surface area contributed by atoms with Gasteiger partial charge in [0.15, 0.2) is 0 Å². The van der Waals surface area contributed by atoms with E-state index in [9.17, 15) is 0 Å². The number of piperazine rings is 1. The van der Waals surface area contributed by atoms with Gasteiger partial charge in [-0.2, -0.15) is 0 Å². The van der Waals surface area contributed by atoms with Crippen LogP contribution in [0.15, 0.2) is 18.2 Å². The van der Waals surface area contributed by atoms with Crippen molar-refractivity contribution in [1.29, 1.82) is 0 Å². The summed E-state index contributed by atoms with van der Waals surface area (Å²) in [7, 11) is 0. The van der Waals surface area contributed by atoms with Gasteiger partial charge in [-0.25, -0.2) is 0 Å². The molecule has 1 fully saturated rings. The van der Waals surface area contributed by atoms with Crippen molar-refractivity contribution in [2.45, 2.75) is 6.42 Å². The summed E-state index contributed by atoms with van der Waals surface area (Å²) in [6, 6.07) is 6.40. The number of halogens is 1. The first-order chi connectivity index (χ1) is 7.45. The van der Waals surface area contributed by atoms with Gasteiger partial charge in [-0.3, -0.25) is 0 Å². The van der Waals surface area contributed by atoms with Crippen LogP contribution >= 0.6 is 12.4 Å². The molecule has 0 spiro atoms. The van der Waals surface area contributed by atoms with E-state index >= 15 is 0 Å². The molecule has 3 nitrogen and oxygen atoms in total. The van der Waals surface area contributed by atoms with E-state index < -0.39 is 0 Å². The molecule has 0 bridgehead atoms. The van der Waals surface area contributed by atoms with Gasteiger partial charge in [0.1, 0.15) is 5.75 Å². The van der Waals surface area contributed by atoms with Crippen molar-refractivity contribution < 1.29 is 4.74 Å². The summed E-state index contributed by atoms with van der Waals surface area (Å²) in [4.78, 5) is 2.46. The van der Waals surface area contributed by atoms with Crippen LogP contribution in [0.4, 0.5) is 5.69 Å². The van der Waals surface area contributed by atoms with Crippen LogP contribution in [-0.2, 0) is 6.42 Å². The standard InChI is InChI=1S/C12H16N2O.ClH/c1-2-11(14-7-5-13-6-8-14)10-4-9-15-12(10)3-1;/h1-3,13H,4-9H2;1H. The Kier molecular flexibility index (Phi) is 3.56. The number of nitrogens with zero attached hydrogens (tertiary/aromatic N) is 1. The molecule has 2 aliphatic heterocycles. The summed E-state index contributed by atoms with van der Waals surface area (Å²) in [6.07, 6.45) is 1.06. The third-order valence-corrected chi connectivity index (χ3v) is 3.18. The Balaban J connectivity index is 0.000000963. The largest absolute Gasteiger partial charge is 0.493 e. The number of ether oxygens (including phenoxy) is 1. The van der Waals surface area contributed by atoms with Crippen molar-refractivity contribution in [3.8, 4) is 5.75 Å². The lowest BCUT2D eigenvalue weighted by molar-refractivity contribution is 0.357. The highest BCUT2D eigenvalue weighted by atomic mass is 35.5. The van der Waals surface area contributed by atoms with E-state index in [1.807, 2.05) is 0 Å². The molecule has 1 saturated heterocycles. The fourth-order valence-corrected chi connectivity index (χ4v) is 2.41. The number of hydrogen-bond acceptors (Lipinski definition) is 3. The molecular formula is C12H17ClN2O. The molecule has 3 rings (SSSR count). The van der Waals surface area contributed by atoms with E-state index in [1.54, 1.807) is 0 Å². The Bertz CT molecular complexity index is 364. The Morgan fingerprint density at radius 1 is 1.19 bits per heavy atom. The lowest BCUT2D eigenvalue weighted by atomic mass is 10.1. The molecule has 1 aromatic rings. The number of hydrogen-bond donors (Lipinski definition) is 1. The minimum absolute atomic E-state index is 0. The van der Waals surface area contributed by atoms with Crippen LogP contribution in [0.3, 0.4) is 0 Å². The van der Waals surface area contributed by atoms with Gasteiger partial charge in [0.25, 0.3) is 0 Å². The van der Waals surface area contributed by atoms with Crippen molar-refractivity contribution in [2.75, 3.05) is 37.7 Å². The molecule has 0 atom stereocenters. The van der Waals surface area contributed by atoms with Gasteiger partial charge in [-0.1, -0.05) is 6.07 Å². The second kappa shape index (κ2) is 4.93. The summed E-state index contributed by atoms with van der Waals surface area (Å²) in [5, 5.41) is 3.38. The molecule has 0 aliphatic carbocycles. The van der Waals surface area contributed by atoms with Crippen LogP contribution in [0.1, 0.15) is 5.56 Å². The highest BCUT2D eigenvalue weighted by molar-refractivity contribution is 5.85. The average molecular weight is 241 g/mol. The van der Waals surface area contributed by atoms with E-state index in [0.717, 1.165) is 45.0 Å². The molecule has 2 heterocycles. The highest BCUT2D eigenvalue weighted by Gasteiger charge is 2.20. The maximum absolute atomic E-state index is 5.59. The van der Waals surface area contributed by atoms with Gasteiger partial charge in [0.2, 0.25) is 0 Å². The van der Waals surface area contributed by atoms with Gasteiger partial charge in [0, 0.05) is 43.9 Å². The van der Waals surface area contributed by atoms with Crippen LogP contribution in [0.25, 0.3) is 0 Å². The minimum Gasteiger partial charge on any atom is -0.493 e. The lowest BCUT2D eigenvalue weighted by Crippen LogP contribution is -2.43. The number of benzene rings is 1. The summed E-state index contributed by atoms with van der Waals surface area (Å²) < 4.78 is 5.59. The Morgan fingerprint density at radius 3 is 2.81 bits per heavy atom. The molecule has 4 heteroatoms. The van der Waals surface area contributed by atoms with Crippen molar-refractivity contribution in [3.63, 3.8) is 0 Å². The van der Waals surface area contributed by atoms with Crippen molar-refractivity contribution in [1.82, 2.24) is 5.32 Å². The van der Waals surface area contributed by atoms with Gasteiger partial charge < -0.3 is 15.0 Å². The monoisotopic (exact) mass is 240 g/mol. The zero-order chi connectivity index (χ0) is 10.1. The Hall–Kier alpha value is -0.930. The highest BCUT2D eigenvalue weighted by Crippen LogP contribution is 2.33. The molecule has 0 saturated carbocycles. The van der Waals surface area contributed by atoms with E-state index in [0.29, 0.717) is 0 Å². The first kappa shape index (κ1) is 11.6. The number of rotatable bonds is 1. The molecule has 1 N–H and O–H groups in total. The topological polar surface area (TPSA) is 24.5 Å². The zero-order valence-corrected chi connectivity index (χ0v) is 10.1. The second-order valence-corrected chi connectivity index (χ2v) is 4.09. The predicted octanol–water partition coefficient (Wildman–Crippen LogP) is 1.45. The minimum atomic E-state index is 0. The normalized spacial score (nSPS) is 18.6. The lowest BCUT2D eigenvalue weighted by Gasteiger charge is -2.30. The molecule has 0 radical (unpaired) electrons. The van der Waals surface area contributed by atoms with Crippen molar-refractivity contribution in [3.05, 3.63) is 23.8 Å². The quantitative estimate of drug-likeness (QED) is 0.804. The van der Waals surface area contributed by atoms with Crippen LogP contribution in [-0.4, -0.2) is 32.8 Å². The summed E-state index contributed by atoms with van der Waals surface area (Å²) >= 11 is 0. The third kappa shape index (κ3) is 1.97. The second-order valence-electron chi connectivity index (χ2n) is 4.09. The zero-order valence-electron chi connectivity index (χ0n) is 9.24. The molecule has 2 aliphatic rings. The maximum Gasteiger partial charge on any atom is 0.124 e. The predicted molar refractivity (Wildman–Crippen MR) is 68.0 cm³/mol. The fraction of sp³-hybridized carbons (Fsp3) is 0.500. The fourth-order valence-electron chi connectivity index (χ4n) is 2.41. The summed E-state index contributed by atoms with van der Waals surface area (Å²) in [5.41, 5.74) is 2.78. The number of nitrogens with one attached hydrogen (secondary N) is 1. The molecule has 16 heavy (non-hydrogen) atoms. The molecule has 0 amide bonds. The van der Waals surface area contributed by atoms with E-state index in [-0.39, 0.29) is 12.4 Å².